The Balaban J connectivity index is 1.81. The number of benzene rings is 1. The van der Waals surface area contributed by atoms with Crippen LogP contribution in [-0.2, 0) is 14.8 Å². The number of hydrogen-bond donors (Lipinski definition) is 2. The Morgan fingerprint density at radius 2 is 2.05 bits per heavy atom. The first-order valence-electron chi connectivity index (χ1n) is 7.31. The molecule has 1 saturated heterocycles. The molecule has 1 heterocycles. The molecule has 7 heteroatoms. The van der Waals surface area contributed by atoms with Crippen LogP contribution >= 0.6 is 0 Å². The molecule has 1 saturated carbocycles. The number of nitrogens with two attached hydrogens (primary N) is 1. The van der Waals surface area contributed by atoms with Gasteiger partial charge >= 0.3 is 0 Å². The van der Waals surface area contributed by atoms with Crippen LogP contribution in [0.15, 0.2) is 23.1 Å². The Morgan fingerprint density at radius 3 is 2.76 bits per heavy atom. The molecule has 0 spiro atoms. The monoisotopic (exact) mass is 311 g/mol. The number of hydrogen-bond acceptors (Lipinski definition) is 5. The van der Waals surface area contributed by atoms with E-state index in [0.29, 0.717) is 12.3 Å². The maximum Gasteiger partial charge on any atom is 0.240 e. The number of sulfonamides is 1. The van der Waals surface area contributed by atoms with Crippen LogP contribution in [0.5, 0.6) is 0 Å². The van der Waals surface area contributed by atoms with Crippen molar-refractivity contribution in [3.8, 4) is 0 Å². The average Bonchev–Trinajstić information content (AvgIpc) is 3.25. The Labute approximate surface area is 125 Å². The van der Waals surface area contributed by atoms with Crippen molar-refractivity contribution in [2.45, 2.75) is 30.2 Å². The molecule has 0 unspecified atom stereocenters. The third-order valence-corrected chi connectivity index (χ3v) is 5.29. The summed E-state index contributed by atoms with van der Waals surface area (Å²) < 4.78 is 32.4. The topological polar surface area (TPSA) is 84.7 Å². The molecular weight excluding hydrogens is 290 g/mol. The van der Waals surface area contributed by atoms with Crippen molar-refractivity contribution in [3.05, 3.63) is 18.2 Å². The van der Waals surface area contributed by atoms with E-state index in [-0.39, 0.29) is 10.9 Å². The second-order valence-corrected chi connectivity index (χ2v) is 7.28. The Kier molecular flexibility index (Phi) is 4.05. The predicted octanol–water partition coefficient (Wildman–Crippen LogP) is 0.936. The van der Waals surface area contributed by atoms with E-state index in [1.807, 2.05) is 0 Å². The molecule has 1 aromatic rings. The van der Waals surface area contributed by atoms with Crippen molar-refractivity contribution in [3.63, 3.8) is 0 Å². The van der Waals surface area contributed by atoms with Gasteiger partial charge in [-0.25, -0.2) is 13.1 Å². The van der Waals surface area contributed by atoms with Gasteiger partial charge in [0.1, 0.15) is 0 Å². The fraction of sp³-hybridized carbons (Fsp3) is 0.571. The number of nitrogens with one attached hydrogen (secondary N) is 1. The molecule has 0 amide bonds. The summed E-state index contributed by atoms with van der Waals surface area (Å²) in [5, 5.41) is 0. The third-order valence-electron chi connectivity index (χ3n) is 3.77. The largest absolute Gasteiger partial charge is 0.397 e. The minimum absolute atomic E-state index is 0.0960. The molecule has 6 nitrogen and oxygen atoms in total. The lowest BCUT2D eigenvalue weighted by Crippen LogP contribution is -2.28. The van der Waals surface area contributed by atoms with Gasteiger partial charge < -0.3 is 15.4 Å². The van der Waals surface area contributed by atoms with Gasteiger partial charge in [0.05, 0.1) is 22.9 Å². The van der Waals surface area contributed by atoms with Crippen LogP contribution in [0, 0.1) is 0 Å². The van der Waals surface area contributed by atoms with Gasteiger partial charge in [0.15, 0.2) is 0 Å². The molecule has 0 radical (unpaired) electrons. The van der Waals surface area contributed by atoms with Crippen molar-refractivity contribution < 1.29 is 13.2 Å². The van der Waals surface area contributed by atoms with Crippen molar-refractivity contribution in [1.29, 1.82) is 0 Å². The van der Waals surface area contributed by atoms with E-state index in [4.69, 9.17) is 10.5 Å². The number of anilines is 2. The van der Waals surface area contributed by atoms with E-state index in [0.717, 1.165) is 44.6 Å². The minimum Gasteiger partial charge on any atom is -0.397 e. The van der Waals surface area contributed by atoms with E-state index < -0.39 is 10.0 Å². The van der Waals surface area contributed by atoms with Gasteiger partial charge in [0.2, 0.25) is 10.0 Å². The Bertz CT molecular complexity index is 606. The molecule has 0 atom stereocenters. The van der Waals surface area contributed by atoms with Gasteiger partial charge in [-0.3, -0.25) is 0 Å². The van der Waals surface area contributed by atoms with Crippen molar-refractivity contribution >= 4 is 21.4 Å². The molecule has 0 bridgehead atoms. The molecule has 0 aromatic heterocycles. The quantitative estimate of drug-likeness (QED) is 0.808. The maximum atomic E-state index is 12.2. The van der Waals surface area contributed by atoms with Crippen molar-refractivity contribution in [2.24, 2.45) is 0 Å². The number of ether oxygens (including phenoxy) is 1. The highest BCUT2D eigenvalue weighted by Crippen LogP contribution is 2.28. The second-order valence-electron chi connectivity index (χ2n) is 5.57. The molecule has 1 aromatic carbocycles. The lowest BCUT2D eigenvalue weighted by Gasteiger charge is -2.24. The van der Waals surface area contributed by atoms with Crippen LogP contribution in [0.3, 0.4) is 0 Å². The van der Waals surface area contributed by atoms with Gasteiger partial charge in [-0.2, -0.15) is 0 Å². The normalized spacial score (nSPS) is 20.3. The van der Waals surface area contributed by atoms with E-state index in [9.17, 15) is 8.42 Å². The van der Waals surface area contributed by atoms with Crippen LogP contribution in [0.4, 0.5) is 11.4 Å². The summed E-state index contributed by atoms with van der Waals surface area (Å²) in [7, 11) is -3.45. The Hall–Kier alpha value is -1.31. The SMILES string of the molecule is Nc1cc(S(=O)(=O)NC2CC2)ccc1N1CCCOCC1. The first kappa shape index (κ1) is 14.6. The molecule has 3 rings (SSSR count). The maximum absolute atomic E-state index is 12.2. The van der Waals surface area contributed by atoms with Crippen molar-refractivity contribution in [2.75, 3.05) is 36.9 Å². The Morgan fingerprint density at radius 1 is 1.24 bits per heavy atom. The summed E-state index contributed by atoms with van der Waals surface area (Å²) in [6.07, 6.45) is 2.78. The third kappa shape index (κ3) is 3.48. The standard InChI is InChI=1S/C14H21N3O3S/c15-13-10-12(21(18,19)16-11-2-3-11)4-5-14(13)17-6-1-8-20-9-7-17/h4-5,10-11,16H,1-3,6-9,15H2. The van der Waals surface area contributed by atoms with E-state index in [2.05, 4.69) is 9.62 Å². The fourth-order valence-electron chi connectivity index (χ4n) is 2.46. The molecule has 1 aliphatic carbocycles. The summed E-state index contributed by atoms with van der Waals surface area (Å²) in [6, 6.07) is 5.06. The number of nitrogens with zero attached hydrogens (tertiary/aromatic N) is 1. The molecular formula is C14H21N3O3S. The van der Waals surface area contributed by atoms with Crippen molar-refractivity contribution in [1.82, 2.24) is 4.72 Å². The zero-order chi connectivity index (χ0) is 14.9. The highest BCUT2D eigenvalue weighted by Gasteiger charge is 2.28. The van der Waals surface area contributed by atoms with Crippen LogP contribution in [0.2, 0.25) is 0 Å². The first-order chi connectivity index (χ1) is 10.1. The van der Waals surface area contributed by atoms with Gasteiger partial charge in [0.25, 0.3) is 0 Å². The zero-order valence-electron chi connectivity index (χ0n) is 11.9. The zero-order valence-corrected chi connectivity index (χ0v) is 12.7. The summed E-state index contributed by atoms with van der Waals surface area (Å²) in [5.74, 6) is 0. The van der Waals surface area contributed by atoms with E-state index in [1.165, 1.54) is 0 Å². The highest BCUT2D eigenvalue weighted by molar-refractivity contribution is 7.89. The van der Waals surface area contributed by atoms with Crippen LogP contribution in [0.1, 0.15) is 19.3 Å². The molecule has 2 aliphatic rings. The summed E-state index contributed by atoms with van der Waals surface area (Å²) in [4.78, 5) is 2.38. The smallest absolute Gasteiger partial charge is 0.240 e. The summed E-state index contributed by atoms with van der Waals surface area (Å²) in [5.41, 5.74) is 7.45. The predicted molar refractivity (Wildman–Crippen MR) is 81.8 cm³/mol. The number of rotatable bonds is 4. The van der Waals surface area contributed by atoms with Gasteiger partial charge in [-0.05, 0) is 37.5 Å². The first-order valence-corrected chi connectivity index (χ1v) is 8.79. The average molecular weight is 311 g/mol. The molecule has 1 aliphatic heterocycles. The van der Waals surface area contributed by atoms with Crippen LogP contribution < -0.4 is 15.4 Å². The molecule has 116 valence electrons. The molecule has 21 heavy (non-hydrogen) atoms. The summed E-state index contributed by atoms with van der Waals surface area (Å²) >= 11 is 0. The second kappa shape index (κ2) is 5.82. The highest BCUT2D eigenvalue weighted by atomic mass is 32.2. The van der Waals surface area contributed by atoms with Gasteiger partial charge in [-0.1, -0.05) is 0 Å². The summed E-state index contributed by atoms with van der Waals surface area (Å²) in [6.45, 7) is 3.07. The fourth-order valence-corrected chi connectivity index (χ4v) is 3.80. The van der Waals surface area contributed by atoms with E-state index >= 15 is 0 Å². The lowest BCUT2D eigenvalue weighted by molar-refractivity contribution is 0.152. The molecule has 2 fully saturated rings. The van der Waals surface area contributed by atoms with Crippen LogP contribution in [0.25, 0.3) is 0 Å². The van der Waals surface area contributed by atoms with E-state index in [1.54, 1.807) is 18.2 Å². The van der Waals surface area contributed by atoms with Crippen LogP contribution in [-0.4, -0.2) is 40.8 Å². The molecule has 3 N–H and O–H groups in total. The lowest BCUT2D eigenvalue weighted by atomic mass is 10.2. The number of nitrogen functional groups attached to an aromatic ring is 1. The van der Waals surface area contributed by atoms with Gasteiger partial charge in [-0.15, -0.1) is 0 Å². The minimum atomic E-state index is -3.45. The van der Waals surface area contributed by atoms with Gasteiger partial charge in [0, 0.05) is 25.7 Å².